The zero-order chi connectivity index (χ0) is 12.4. The van der Waals surface area contributed by atoms with Crippen LogP contribution in [0.25, 0.3) is 0 Å². The predicted octanol–water partition coefficient (Wildman–Crippen LogP) is 2.22. The van der Waals surface area contributed by atoms with Crippen LogP contribution in [0.2, 0.25) is 0 Å². The number of nitrogens with zero attached hydrogens (tertiary/aromatic N) is 1. The molecule has 4 nitrogen and oxygen atoms in total. The van der Waals surface area contributed by atoms with Gasteiger partial charge in [-0.2, -0.15) is 0 Å². The van der Waals surface area contributed by atoms with Gasteiger partial charge in [-0.15, -0.1) is 0 Å². The summed E-state index contributed by atoms with van der Waals surface area (Å²) in [5, 5.41) is 8.99. The van der Waals surface area contributed by atoms with E-state index in [-0.39, 0.29) is 11.1 Å². The quantitative estimate of drug-likeness (QED) is 0.873. The monoisotopic (exact) mass is 235 g/mol. The first kappa shape index (κ1) is 11.9. The van der Waals surface area contributed by atoms with Crippen LogP contribution in [0.5, 0.6) is 0 Å². The molecule has 0 amide bonds. The van der Waals surface area contributed by atoms with Crippen LogP contribution in [-0.2, 0) is 6.54 Å². The Morgan fingerprint density at radius 1 is 1.41 bits per heavy atom. The molecule has 0 spiro atoms. The third-order valence-electron chi connectivity index (χ3n) is 3.50. The third-order valence-corrected chi connectivity index (χ3v) is 3.50. The summed E-state index contributed by atoms with van der Waals surface area (Å²) in [6, 6.07) is 2.88. The molecule has 0 saturated heterocycles. The molecular formula is C13H17NO3. The van der Waals surface area contributed by atoms with Crippen molar-refractivity contribution in [2.75, 3.05) is 0 Å². The lowest BCUT2D eigenvalue weighted by molar-refractivity contribution is 0.0696. The summed E-state index contributed by atoms with van der Waals surface area (Å²) in [4.78, 5) is 22.8. The lowest BCUT2D eigenvalue weighted by Crippen LogP contribution is -2.25. The van der Waals surface area contributed by atoms with Crippen molar-refractivity contribution >= 4 is 5.97 Å². The summed E-state index contributed by atoms with van der Waals surface area (Å²) < 4.78 is 1.70. The maximum absolute atomic E-state index is 11.9. The van der Waals surface area contributed by atoms with E-state index in [1.807, 2.05) is 6.92 Å². The first-order chi connectivity index (χ1) is 8.13. The van der Waals surface area contributed by atoms with Gasteiger partial charge in [-0.25, -0.2) is 4.79 Å². The van der Waals surface area contributed by atoms with Crippen LogP contribution in [0.15, 0.2) is 16.9 Å². The van der Waals surface area contributed by atoms with E-state index in [2.05, 4.69) is 0 Å². The molecule has 1 heterocycles. The molecule has 1 aromatic heterocycles. The molecule has 0 unspecified atom stereocenters. The zero-order valence-electron chi connectivity index (χ0n) is 9.98. The fourth-order valence-corrected chi connectivity index (χ4v) is 2.64. The predicted molar refractivity (Wildman–Crippen MR) is 64.5 cm³/mol. The number of carbonyl (C=O) groups is 1. The van der Waals surface area contributed by atoms with Crippen LogP contribution in [0.1, 0.15) is 54.6 Å². The molecule has 0 bridgehead atoms. The molecule has 2 rings (SSSR count). The summed E-state index contributed by atoms with van der Waals surface area (Å²) in [6.07, 6.45) is 4.45. The second kappa shape index (κ2) is 4.73. The molecule has 1 saturated carbocycles. The Bertz CT molecular complexity index is 484. The van der Waals surface area contributed by atoms with E-state index in [9.17, 15) is 9.59 Å². The largest absolute Gasteiger partial charge is 0.478 e. The highest BCUT2D eigenvalue weighted by molar-refractivity contribution is 5.87. The van der Waals surface area contributed by atoms with Gasteiger partial charge in [0.2, 0.25) is 0 Å². The Hall–Kier alpha value is -1.58. The molecule has 0 aromatic carbocycles. The lowest BCUT2D eigenvalue weighted by atomic mass is 10.0. The molecule has 0 aliphatic heterocycles. The van der Waals surface area contributed by atoms with Crippen molar-refractivity contribution < 1.29 is 9.90 Å². The third kappa shape index (κ3) is 2.25. The summed E-state index contributed by atoms with van der Waals surface area (Å²) in [7, 11) is 0. The highest BCUT2D eigenvalue weighted by Crippen LogP contribution is 2.33. The van der Waals surface area contributed by atoms with Gasteiger partial charge in [0.05, 0.1) is 5.56 Å². The topological polar surface area (TPSA) is 59.3 Å². The average molecular weight is 235 g/mol. The molecule has 1 fully saturated rings. The molecular weight excluding hydrogens is 218 g/mol. The molecule has 0 radical (unpaired) electrons. The van der Waals surface area contributed by atoms with Gasteiger partial charge >= 0.3 is 5.97 Å². The van der Waals surface area contributed by atoms with Crippen LogP contribution < -0.4 is 5.56 Å². The van der Waals surface area contributed by atoms with E-state index in [1.54, 1.807) is 10.6 Å². The van der Waals surface area contributed by atoms with Gasteiger partial charge in [-0.3, -0.25) is 4.79 Å². The summed E-state index contributed by atoms with van der Waals surface area (Å²) >= 11 is 0. The minimum Gasteiger partial charge on any atom is -0.478 e. The van der Waals surface area contributed by atoms with Crippen molar-refractivity contribution in [1.82, 2.24) is 4.57 Å². The fourth-order valence-electron chi connectivity index (χ4n) is 2.64. The van der Waals surface area contributed by atoms with E-state index in [0.29, 0.717) is 12.5 Å². The smallest absolute Gasteiger partial charge is 0.335 e. The van der Waals surface area contributed by atoms with E-state index in [0.717, 1.165) is 18.5 Å². The standard InChI is InChI=1S/C13H17NO3/c1-2-14-11(9-5-3-4-6-9)7-10(13(16)17)8-12(14)15/h7-9H,2-6H2,1H3,(H,16,17). The normalized spacial score (nSPS) is 16.3. The van der Waals surface area contributed by atoms with E-state index in [1.165, 1.54) is 18.9 Å². The van der Waals surface area contributed by atoms with Crippen LogP contribution in [0.3, 0.4) is 0 Å². The first-order valence-electron chi connectivity index (χ1n) is 6.11. The van der Waals surface area contributed by atoms with Crippen LogP contribution in [0, 0.1) is 0 Å². The second-order valence-electron chi connectivity index (χ2n) is 4.54. The van der Waals surface area contributed by atoms with Gasteiger partial charge in [0.25, 0.3) is 5.56 Å². The van der Waals surface area contributed by atoms with Crippen LogP contribution >= 0.6 is 0 Å². The molecule has 0 atom stereocenters. The van der Waals surface area contributed by atoms with Crippen molar-refractivity contribution in [3.63, 3.8) is 0 Å². The first-order valence-corrected chi connectivity index (χ1v) is 6.11. The zero-order valence-corrected chi connectivity index (χ0v) is 9.98. The van der Waals surface area contributed by atoms with Crippen LogP contribution in [-0.4, -0.2) is 15.6 Å². The molecule has 92 valence electrons. The minimum atomic E-state index is -1.02. The number of aromatic nitrogens is 1. The number of hydrogen-bond donors (Lipinski definition) is 1. The van der Waals surface area contributed by atoms with Gasteiger partial charge in [0.1, 0.15) is 0 Å². The van der Waals surface area contributed by atoms with Crippen LogP contribution in [0.4, 0.5) is 0 Å². The summed E-state index contributed by atoms with van der Waals surface area (Å²) in [6.45, 7) is 2.52. The Kier molecular flexibility index (Phi) is 3.31. The number of hydrogen-bond acceptors (Lipinski definition) is 2. The Morgan fingerprint density at radius 3 is 2.59 bits per heavy atom. The van der Waals surface area contributed by atoms with Gasteiger partial charge < -0.3 is 9.67 Å². The van der Waals surface area contributed by atoms with Gasteiger partial charge in [0, 0.05) is 18.3 Å². The summed E-state index contributed by atoms with van der Waals surface area (Å²) in [5.41, 5.74) is 0.811. The molecule has 1 aliphatic carbocycles. The molecule has 4 heteroatoms. The SMILES string of the molecule is CCn1c(C2CCCC2)cc(C(=O)O)cc1=O. The molecule has 1 aromatic rings. The number of carboxylic acid groups (broad SMARTS) is 1. The molecule has 17 heavy (non-hydrogen) atoms. The lowest BCUT2D eigenvalue weighted by Gasteiger charge is -2.16. The Labute approximate surface area is 99.9 Å². The maximum atomic E-state index is 11.9. The Morgan fingerprint density at radius 2 is 2.06 bits per heavy atom. The average Bonchev–Trinajstić information content (AvgIpc) is 2.81. The maximum Gasteiger partial charge on any atom is 0.335 e. The number of carboxylic acids is 1. The van der Waals surface area contributed by atoms with Gasteiger partial charge in [0.15, 0.2) is 0 Å². The second-order valence-corrected chi connectivity index (χ2v) is 4.54. The van der Waals surface area contributed by atoms with Crippen molar-refractivity contribution in [1.29, 1.82) is 0 Å². The van der Waals surface area contributed by atoms with Gasteiger partial charge in [-0.1, -0.05) is 12.8 Å². The fraction of sp³-hybridized carbons (Fsp3) is 0.538. The Balaban J connectivity index is 2.53. The molecule has 1 N–H and O–H groups in total. The van der Waals surface area contributed by atoms with E-state index in [4.69, 9.17) is 5.11 Å². The highest BCUT2D eigenvalue weighted by Gasteiger charge is 2.21. The summed E-state index contributed by atoms with van der Waals surface area (Å²) in [5.74, 6) is -0.674. The van der Waals surface area contributed by atoms with Gasteiger partial charge in [-0.05, 0) is 31.7 Å². The van der Waals surface area contributed by atoms with E-state index >= 15 is 0 Å². The minimum absolute atomic E-state index is 0.113. The molecule has 1 aliphatic rings. The number of pyridine rings is 1. The van der Waals surface area contributed by atoms with Crippen molar-refractivity contribution in [3.8, 4) is 0 Å². The number of aromatic carboxylic acids is 1. The highest BCUT2D eigenvalue weighted by atomic mass is 16.4. The van der Waals surface area contributed by atoms with E-state index < -0.39 is 5.97 Å². The van der Waals surface area contributed by atoms with Crippen molar-refractivity contribution in [2.45, 2.75) is 45.1 Å². The van der Waals surface area contributed by atoms with Crippen molar-refractivity contribution in [2.24, 2.45) is 0 Å². The van der Waals surface area contributed by atoms with Crippen molar-refractivity contribution in [3.05, 3.63) is 33.7 Å². The number of rotatable bonds is 3.